The lowest BCUT2D eigenvalue weighted by Gasteiger charge is -2.46. The molecule has 5 atom stereocenters. The van der Waals surface area contributed by atoms with Gasteiger partial charge in [-0.25, -0.2) is 9.34 Å². The molecule has 0 spiro atoms. The molecular weight excluding hydrogens is 585 g/mol. The zero-order chi connectivity index (χ0) is 31.7. The molecule has 15 nitrogen and oxygen atoms in total. The largest absolute Gasteiger partial charge is 0.481 e. The number of morpholine rings is 2. The van der Waals surface area contributed by atoms with Gasteiger partial charge in [0.15, 0.2) is 0 Å². The van der Waals surface area contributed by atoms with E-state index in [0.717, 1.165) is 0 Å². The third-order valence-corrected chi connectivity index (χ3v) is 10.1. The molecule has 3 rings (SSSR count). The number of hydrogen-bond donors (Lipinski definition) is 2. The Labute approximate surface area is 254 Å². The van der Waals surface area contributed by atoms with Gasteiger partial charge in [-0.15, -0.1) is 0 Å². The Hall–Kier alpha value is -2.00. The summed E-state index contributed by atoms with van der Waals surface area (Å²) in [6.45, 7) is 6.31. The van der Waals surface area contributed by atoms with E-state index in [0.29, 0.717) is 26.2 Å². The first kappa shape index (κ1) is 35.5. The summed E-state index contributed by atoms with van der Waals surface area (Å²) < 4.78 is 42.6. The minimum atomic E-state index is -3.70. The van der Waals surface area contributed by atoms with Gasteiger partial charge in [0, 0.05) is 77.2 Å². The number of carboxylic acids is 2. The standard InChI is InChI=1S/C25H45B2N4O11P/c1-17(2)39-15-19-12-31(14-21(27)42-19)43(38,30-9-7-28(8-10-30)22(32)3-5-24(34)35)40-16-18-11-29(13-20(26)41-18)23(33)4-6-25(36)37/h17-21H,3-16,26-27H2,1-2H3,(H,34,35)(H,36,37). The average molecular weight is 630 g/mol. The number of nitrogens with zero attached hydrogens (tertiary/aromatic N) is 4. The van der Waals surface area contributed by atoms with Gasteiger partial charge in [-0.1, -0.05) is 0 Å². The van der Waals surface area contributed by atoms with E-state index in [2.05, 4.69) is 0 Å². The van der Waals surface area contributed by atoms with Crippen molar-refractivity contribution in [3.63, 3.8) is 0 Å². The molecule has 2 amide bonds. The van der Waals surface area contributed by atoms with Gasteiger partial charge in [-0.05, 0) is 13.8 Å². The van der Waals surface area contributed by atoms with E-state index in [-0.39, 0.29) is 101 Å². The van der Waals surface area contributed by atoms with Crippen LogP contribution >= 0.6 is 7.67 Å². The summed E-state index contributed by atoms with van der Waals surface area (Å²) in [7, 11) is 0.00776. The van der Waals surface area contributed by atoms with Gasteiger partial charge in [-0.2, -0.15) is 0 Å². The van der Waals surface area contributed by atoms with Gasteiger partial charge in [0.25, 0.3) is 0 Å². The molecule has 0 aromatic carbocycles. The number of piperazine rings is 1. The smallest absolute Gasteiger partial charge is 0.346 e. The van der Waals surface area contributed by atoms with Crippen LogP contribution in [0.25, 0.3) is 0 Å². The summed E-state index contributed by atoms with van der Waals surface area (Å²) in [6, 6.07) is -0.574. The third-order valence-electron chi connectivity index (χ3n) is 7.46. The fourth-order valence-electron chi connectivity index (χ4n) is 5.42. The Kier molecular flexibility index (Phi) is 13.5. The van der Waals surface area contributed by atoms with Crippen molar-refractivity contribution < 1.29 is 52.7 Å². The Balaban J connectivity index is 1.73. The summed E-state index contributed by atoms with van der Waals surface area (Å²) in [6.07, 6.45) is -1.64. The van der Waals surface area contributed by atoms with E-state index in [1.54, 1.807) is 19.1 Å². The van der Waals surface area contributed by atoms with Gasteiger partial charge in [0.2, 0.25) is 11.8 Å². The topological polar surface area (TPSA) is 176 Å². The summed E-state index contributed by atoms with van der Waals surface area (Å²) in [5.41, 5.74) is 0. The van der Waals surface area contributed by atoms with Crippen LogP contribution < -0.4 is 0 Å². The molecule has 0 radical (unpaired) electrons. The number of aliphatic carboxylic acids is 2. The van der Waals surface area contributed by atoms with Crippen molar-refractivity contribution in [3.05, 3.63) is 0 Å². The summed E-state index contributed by atoms with van der Waals surface area (Å²) in [5, 5.41) is 17.9. The predicted molar refractivity (Wildman–Crippen MR) is 159 cm³/mol. The van der Waals surface area contributed by atoms with Gasteiger partial charge < -0.3 is 38.7 Å². The fourth-order valence-corrected chi connectivity index (χ4v) is 7.98. The maximum absolute atomic E-state index is 14.9. The second-order valence-corrected chi connectivity index (χ2v) is 14.0. The maximum Gasteiger partial charge on any atom is 0.346 e. The summed E-state index contributed by atoms with van der Waals surface area (Å²) in [5.74, 6) is -2.63. The average Bonchev–Trinajstić information content (AvgIpc) is 2.95. The quantitative estimate of drug-likeness (QED) is 0.164. The van der Waals surface area contributed by atoms with E-state index in [1.165, 1.54) is 0 Å². The van der Waals surface area contributed by atoms with E-state index < -0.39 is 25.7 Å². The molecule has 18 heteroatoms. The van der Waals surface area contributed by atoms with Crippen LogP contribution in [0.5, 0.6) is 0 Å². The molecule has 242 valence electrons. The lowest BCUT2D eigenvalue weighted by atomic mass is 9.97. The summed E-state index contributed by atoms with van der Waals surface area (Å²) in [4.78, 5) is 50.2. The van der Waals surface area contributed by atoms with Gasteiger partial charge in [0.05, 0.1) is 44.4 Å². The first-order valence-electron chi connectivity index (χ1n) is 14.9. The van der Waals surface area contributed by atoms with Crippen molar-refractivity contribution >= 4 is 47.1 Å². The van der Waals surface area contributed by atoms with Gasteiger partial charge in [0.1, 0.15) is 15.7 Å². The second kappa shape index (κ2) is 16.4. The van der Waals surface area contributed by atoms with Gasteiger partial charge in [-0.3, -0.25) is 23.7 Å². The lowest BCUT2D eigenvalue weighted by Crippen LogP contribution is -2.54. The highest BCUT2D eigenvalue weighted by Crippen LogP contribution is 2.55. The minimum absolute atomic E-state index is 0.00401. The Bertz CT molecular complexity index is 1030. The number of ether oxygens (including phenoxy) is 3. The van der Waals surface area contributed by atoms with E-state index >= 15 is 0 Å². The molecule has 2 N–H and O–H groups in total. The molecule has 3 aliphatic heterocycles. The fraction of sp³-hybridized carbons (Fsp3) is 0.840. The van der Waals surface area contributed by atoms with Crippen LogP contribution in [0.1, 0.15) is 39.5 Å². The van der Waals surface area contributed by atoms with E-state index in [1.807, 2.05) is 29.5 Å². The molecule has 0 bridgehead atoms. The molecule has 0 aromatic heterocycles. The van der Waals surface area contributed by atoms with E-state index in [4.69, 9.17) is 28.9 Å². The highest BCUT2D eigenvalue weighted by Gasteiger charge is 2.45. The zero-order valence-corrected chi connectivity index (χ0v) is 26.5. The molecule has 0 saturated carbocycles. The number of rotatable bonds is 14. The molecule has 3 fully saturated rings. The second-order valence-electron chi connectivity index (χ2n) is 11.6. The number of carboxylic acid groups (broad SMARTS) is 2. The van der Waals surface area contributed by atoms with Crippen LogP contribution in [0.4, 0.5) is 0 Å². The van der Waals surface area contributed by atoms with Crippen LogP contribution in [-0.4, -0.2) is 165 Å². The molecule has 3 aliphatic rings. The first-order valence-corrected chi connectivity index (χ1v) is 16.5. The molecule has 3 saturated heterocycles. The Morgan fingerprint density at radius 1 is 0.767 bits per heavy atom. The molecule has 5 unspecified atom stereocenters. The minimum Gasteiger partial charge on any atom is -0.481 e. The SMILES string of the molecule is BC1CN(C(=O)CCC(=O)O)CC(COP(=O)(N2CCN(C(=O)CCC(=O)O)CC2)N2CC(B)OC(COC(C)C)C2)O1. The van der Waals surface area contributed by atoms with Crippen LogP contribution in [-0.2, 0) is 42.5 Å². The number of carbonyl (C=O) groups excluding carboxylic acids is 2. The highest BCUT2D eigenvalue weighted by molar-refractivity contribution is 7.54. The third kappa shape index (κ3) is 10.8. The van der Waals surface area contributed by atoms with Crippen molar-refractivity contribution in [2.75, 3.05) is 65.6 Å². The normalized spacial score (nSPS) is 27.1. The first-order chi connectivity index (χ1) is 20.3. The zero-order valence-electron chi connectivity index (χ0n) is 25.6. The van der Waals surface area contributed by atoms with Crippen LogP contribution in [0.2, 0.25) is 0 Å². The number of carbonyl (C=O) groups is 4. The van der Waals surface area contributed by atoms with E-state index in [9.17, 15) is 23.7 Å². The summed E-state index contributed by atoms with van der Waals surface area (Å²) >= 11 is 0. The maximum atomic E-state index is 14.9. The molecule has 0 aromatic rings. The van der Waals surface area contributed by atoms with Crippen molar-refractivity contribution in [2.45, 2.75) is 69.8 Å². The number of amides is 2. The predicted octanol–water partition coefficient (Wildman–Crippen LogP) is -1.74. The van der Waals surface area contributed by atoms with Crippen LogP contribution in [0.3, 0.4) is 0 Å². The molecule has 43 heavy (non-hydrogen) atoms. The van der Waals surface area contributed by atoms with Crippen LogP contribution in [0, 0.1) is 0 Å². The number of hydrogen-bond acceptors (Lipinski definition) is 9. The van der Waals surface area contributed by atoms with Crippen molar-refractivity contribution in [1.82, 2.24) is 19.1 Å². The highest BCUT2D eigenvalue weighted by atomic mass is 31.2. The van der Waals surface area contributed by atoms with Crippen molar-refractivity contribution in [1.29, 1.82) is 0 Å². The monoisotopic (exact) mass is 630 g/mol. The Morgan fingerprint density at radius 3 is 1.86 bits per heavy atom. The molecular formula is C25H45B2N4O11P. The van der Waals surface area contributed by atoms with Crippen LogP contribution in [0.15, 0.2) is 0 Å². The van der Waals surface area contributed by atoms with Crippen molar-refractivity contribution in [3.8, 4) is 0 Å². The molecule has 0 aliphatic carbocycles. The van der Waals surface area contributed by atoms with Gasteiger partial charge >= 0.3 is 19.6 Å². The lowest BCUT2D eigenvalue weighted by molar-refractivity contribution is -0.146. The Morgan fingerprint density at radius 2 is 1.30 bits per heavy atom. The molecule has 3 heterocycles. The van der Waals surface area contributed by atoms with Crippen molar-refractivity contribution in [2.24, 2.45) is 0 Å².